The van der Waals surface area contributed by atoms with Crippen molar-refractivity contribution in [1.82, 2.24) is 0 Å². The van der Waals surface area contributed by atoms with Crippen LogP contribution in [0.3, 0.4) is 0 Å². The summed E-state index contributed by atoms with van der Waals surface area (Å²) in [7, 11) is 0. The Morgan fingerprint density at radius 3 is 2.39 bits per heavy atom. The van der Waals surface area contributed by atoms with E-state index in [0.29, 0.717) is 22.7 Å². The van der Waals surface area contributed by atoms with Gasteiger partial charge < -0.3 is 0 Å². The second-order valence-corrected chi connectivity index (χ2v) is 12.3. The van der Waals surface area contributed by atoms with Gasteiger partial charge in [0.1, 0.15) is 0 Å². The van der Waals surface area contributed by atoms with E-state index in [2.05, 4.69) is 33.8 Å². The Morgan fingerprint density at radius 2 is 1.71 bits per heavy atom. The van der Waals surface area contributed by atoms with E-state index in [4.69, 9.17) is 0 Å². The molecule has 4 rings (SSSR count). The number of hydrogen-bond donors (Lipinski definition) is 0. The molecule has 0 aromatic rings. The van der Waals surface area contributed by atoms with Crippen molar-refractivity contribution in [2.45, 2.75) is 112 Å². The SMILES string of the molecule is C.CC(CCC(C)C(F)(F)F)C1CCC2C3CC=C4C[C@H](C)CCC4(C)C3CCC12C. The molecule has 8 unspecified atom stereocenters. The van der Waals surface area contributed by atoms with E-state index in [0.717, 1.165) is 30.1 Å². The van der Waals surface area contributed by atoms with E-state index < -0.39 is 12.1 Å². The minimum atomic E-state index is -4.04. The molecule has 0 aliphatic heterocycles. The molecule has 0 radical (unpaired) electrons. The maximum Gasteiger partial charge on any atom is 0.391 e. The summed E-state index contributed by atoms with van der Waals surface area (Å²) in [6, 6.07) is 0. The van der Waals surface area contributed by atoms with Crippen molar-refractivity contribution in [2.24, 2.45) is 52.3 Å². The zero-order chi connectivity index (χ0) is 21.9. The lowest BCUT2D eigenvalue weighted by Crippen LogP contribution is -2.50. The van der Waals surface area contributed by atoms with Gasteiger partial charge in [0.2, 0.25) is 0 Å². The molecule has 180 valence electrons. The van der Waals surface area contributed by atoms with Crippen LogP contribution in [0.5, 0.6) is 0 Å². The average Bonchev–Trinajstić information content (AvgIpc) is 3.03. The van der Waals surface area contributed by atoms with Crippen LogP contribution in [0.4, 0.5) is 13.2 Å². The van der Waals surface area contributed by atoms with Gasteiger partial charge in [-0.2, -0.15) is 13.2 Å². The molecule has 4 aliphatic carbocycles. The van der Waals surface area contributed by atoms with Crippen LogP contribution >= 0.6 is 0 Å². The smallest absolute Gasteiger partial charge is 0.171 e. The van der Waals surface area contributed by atoms with Gasteiger partial charge in [0, 0.05) is 0 Å². The Hall–Kier alpha value is -0.470. The summed E-state index contributed by atoms with van der Waals surface area (Å²) in [6.45, 7) is 11.1. The maximum absolute atomic E-state index is 13.0. The molecule has 4 aliphatic rings. The van der Waals surface area contributed by atoms with Gasteiger partial charge in [0.25, 0.3) is 0 Å². The van der Waals surface area contributed by atoms with Crippen LogP contribution in [0.1, 0.15) is 106 Å². The van der Waals surface area contributed by atoms with Gasteiger partial charge in [0.15, 0.2) is 0 Å². The van der Waals surface area contributed by atoms with Crippen molar-refractivity contribution in [3.8, 4) is 0 Å². The standard InChI is InChI=1S/C27H43F3.CH4/c1-17-12-14-25(4)20(16-17)8-9-21-23-11-10-22(26(23,5)15-13-24(21)25)18(2)6-7-19(3)27(28,29)30;/h8,17-19,21-24H,6-7,9-16H2,1-5H3;1H4/t17-,18?,19?,21?,22?,23?,24?,25?,26?;/m1./s1. The first-order valence-electron chi connectivity index (χ1n) is 12.7. The lowest BCUT2D eigenvalue weighted by molar-refractivity contribution is -0.172. The third-order valence-corrected chi connectivity index (χ3v) is 10.7. The lowest BCUT2D eigenvalue weighted by atomic mass is 9.46. The Balaban J connectivity index is 0.00000272. The molecule has 9 atom stereocenters. The van der Waals surface area contributed by atoms with Gasteiger partial charge in [-0.1, -0.05) is 53.7 Å². The summed E-state index contributed by atoms with van der Waals surface area (Å²) in [6.07, 6.45) is 10.1. The fraction of sp³-hybridized carbons (Fsp3) is 0.929. The molecule has 0 bridgehead atoms. The topological polar surface area (TPSA) is 0 Å². The van der Waals surface area contributed by atoms with Gasteiger partial charge in [0.05, 0.1) is 5.92 Å². The molecule has 0 amide bonds. The number of alkyl halides is 3. The van der Waals surface area contributed by atoms with Crippen molar-refractivity contribution < 1.29 is 13.2 Å². The van der Waals surface area contributed by atoms with Gasteiger partial charge in [-0.05, 0) is 111 Å². The molecule has 3 saturated carbocycles. The maximum atomic E-state index is 13.0. The Bertz CT molecular complexity index is 664. The number of allylic oxidation sites excluding steroid dienone is 2. The number of fused-ring (bicyclic) bond motifs is 5. The lowest BCUT2D eigenvalue weighted by Gasteiger charge is -2.58. The molecule has 0 saturated heterocycles. The first kappa shape index (κ1) is 25.2. The van der Waals surface area contributed by atoms with E-state index in [1.807, 2.05) is 0 Å². The fourth-order valence-corrected chi connectivity index (χ4v) is 8.70. The average molecular weight is 441 g/mol. The Labute approximate surface area is 189 Å². The van der Waals surface area contributed by atoms with Crippen molar-refractivity contribution in [1.29, 1.82) is 0 Å². The second kappa shape index (κ2) is 8.71. The highest BCUT2D eigenvalue weighted by Gasteiger charge is 2.59. The van der Waals surface area contributed by atoms with Crippen LogP contribution in [0.15, 0.2) is 11.6 Å². The highest BCUT2D eigenvalue weighted by atomic mass is 19.4. The highest BCUT2D eigenvalue weighted by Crippen LogP contribution is 2.67. The minimum Gasteiger partial charge on any atom is -0.171 e. The summed E-state index contributed by atoms with van der Waals surface area (Å²) in [4.78, 5) is 0. The van der Waals surface area contributed by atoms with Crippen molar-refractivity contribution in [2.75, 3.05) is 0 Å². The second-order valence-electron chi connectivity index (χ2n) is 12.3. The van der Waals surface area contributed by atoms with E-state index in [1.165, 1.54) is 58.3 Å². The van der Waals surface area contributed by atoms with Crippen LogP contribution in [-0.4, -0.2) is 6.18 Å². The summed E-state index contributed by atoms with van der Waals surface area (Å²) >= 11 is 0. The zero-order valence-electron chi connectivity index (χ0n) is 19.8. The van der Waals surface area contributed by atoms with Crippen LogP contribution in [0.2, 0.25) is 0 Å². The molecule has 0 spiro atoms. The molecule has 3 fully saturated rings. The number of halogens is 3. The van der Waals surface area contributed by atoms with Gasteiger partial charge in [-0.25, -0.2) is 0 Å². The summed E-state index contributed by atoms with van der Waals surface area (Å²) in [5.74, 6) is 3.09. The third kappa shape index (κ3) is 4.25. The minimum absolute atomic E-state index is 0. The molecule has 31 heavy (non-hydrogen) atoms. The first-order chi connectivity index (χ1) is 14.0. The van der Waals surface area contributed by atoms with Crippen LogP contribution < -0.4 is 0 Å². The van der Waals surface area contributed by atoms with Gasteiger partial charge in [-0.15, -0.1) is 0 Å². The quantitative estimate of drug-likeness (QED) is 0.382. The van der Waals surface area contributed by atoms with Crippen molar-refractivity contribution in [3.05, 3.63) is 11.6 Å². The predicted octanol–water partition coefficient (Wildman–Crippen LogP) is 9.45. The van der Waals surface area contributed by atoms with Crippen LogP contribution in [0, 0.1) is 52.3 Å². The summed E-state index contributed by atoms with van der Waals surface area (Å²) in [5.41, 5.74) is 2.52. The molecular formula is C28H47F3. The summed E-state index contributed by atoms with van der Waals surface area (Å²) in [5, 5.41) is 0. The number of rotatable bonds is 4. The zero-order valence-corrected chi connectivity index (χ0v) is 19.8. The van der Waals surface area contributed by atoms with E-state index in [9.17, 15) is 13.2 Å². The van der Waals surface area contributed by atoms with Crippen LogP contribution in [-0.2, 0) is 0 Å². The first-order valence-corrected chi connectivity index (χ1v) is 12.7. The molecule has 0 aromatic carbocycles. The van der Waals surface area contributed by atoms with Gasteiger partial charge >= 0.3 is 6.18 Å². The van der Waals surface area contributed by atoms with Crippen LogP contribution in [0.25, 0.3) is 0 Å². The van der Waals surface area contributed by atoms with Crippen molar-refractivity contribution >= 4 is 0 Å². The fourth-order valence-electron chi connectivity index (χ4n) is 8.70. The molecule has 0 nitrogen and oxygen atoms in total. The molecule has 3 heteroatoms. The number of hydrogen-bond acceptors (Lipinski definition) is 0. The molecule has 0 heterocycles. The Morgan fingerprint density at radius 1 is 1.00 bits per heavy atom. The summed E-state index contributed by atoms with van der Waals surface area (Å²) < 4.78 is 39.0. The largest absolute Gasteiger partial charge is 0.391 e. The molecular weight excluding hydrogens is 393 g/mol. The van der Waals surface area contributed by atoms with E-state index >= 15 is 0 Å². The third-order valence-electron chi connectivity index (χ3n) is 10.7. The van der Waals surface area contributed by atoms with Gasteiger partial charge in [-0.3, -0.25) is 0 Å². The molecule has 0 aromatic heterocycles. The Kier molecular flexibility index (Phi) is 7.07. The normalized spacial score (nSPS) is 44.3. The van der Waals surface area contributed by atoms with E-state index in [1.54, 1.807) is 5.57 Å². The van der Waals surface area contributed by atoms with E-state index in [-0.39, 0.29) is 13.8 Å². The van der Waals surface area contributed by atoms with Crippen molar-refractivity contribution in [3.63, 3.8) is 0 Å². The monoisotopic (exact) mass is 440 g/mol. The predicted molar refractivity (Wildman–Crippen MR) is 125 cm³/mol. The molecule has 0 N–H and O–H groups in total. The highest BCUT2D eigenvalue weighted by molar-refractivity contribution is 5.25.